The number of anilines is 1. The number of piperazine rings is 1. The van der Waals surface area contributed by atoms with Gasteiger partial charge in [-0.05, 0) is 24.7 Å². The molecule has 22 heavy (non-hydrogen) atoms. The van der Waals surface area contributed by atoms with Crippen LogP contribution in [0.5, 0.6) is 0 Å². The summed E-state index contributed by atoms with van der Waals surface area (Å²) in [7, 11) is 2.15. The standard InChI is InChI=1S/C16H20N4O2/c1-19-8-10-20(11-9-19)14-4-2-13(3-5-14)12-17-16(21)15-6-7-18-22-15/h2-7H,8-12H2,1H3,(H,17,21). The number of carbonyl (C=O) groups is 1. The van der Waals surface area contributed by atoms with Gasteiger partial charge in [0.25, 0.3) is 5.91 Å². The van der Waals surface area contributed by atoms with Crippen LogP contribution in [0.3, 0.4) is 0 Å². The van der Waals surface area contributed by atoms with Crippen LogP contribution in [-0.2, 0) is 6.54 Å². The lowest BCUT2D eigenvalue weighted by molar-refractivity contribution is 0.0914. The Morgan fingerprint density at radius 2 is 1.91 bits per heavy atom. The van der Waals surface area contributed by atoms with E-state index in [4.69, 9.17) is 4.52 Å². The Bertz CT molecular complexity index is 602. The van der Waals surface area contributed by atoms with E-state index < -0.39 is 0 Å². The lowest BCUT2D eigenvalue weighted by Gasteiger charge is -2.34. The van der Waals surface area contributed by atoms with E-state index in [-0.39, 0.29) is 11.7 Å². The topological polar surface area (TPSA) is 61.6 Å². The third-order valence-electron chi connectivity index (χ3n) is 3.92. The van der Waals surface area contributed by atoms with Crippen molar-refractivity contribution >= 4 is 11.6 Å². The summed E-state index contributed by atoms with van der Waals surface area (Å²) >= 11 is 0. The fourth-order valence-corrected chi connectivity index (χ4v) is 2.49. The first kappa shape index (κ1) is 14.6. The molecule has 1 aliphatic heterocycles. The van der Waals surface area contributed by atoms with Crippen molar-refractivity contribution < 1.29 is 9.32 Å². The van der Waals surface area contributed by atoms with Crippen molar-refractivity contribution in [1.29, 1.82) is 0 Å². The van der Waals surface area contributed by atoms with Crippen LogP contribution < -0.4 is 10.2 Å². The normalized spacial score (nSPS) is 15.8. The van der Waals surface area contributed by atoms with Gasteiger partial charge in [0, 0.05) is 44.5 Å². The number of nitrogens with zero attached hydrogens (tertiary/aromatic N) is 3. The van der Waals surface area contributed by atoms with Gasteiger partial charge in [-0.1, -0.05) is 17.3 Å². The van der Waals surface area contributed by atoms with Crippen molar-refractivity contribution in [3.63, 3.8) is 0 Å². The van der Waals surface area contributed by atoms with Gasteiger partial charge in [0.1, 0.15) is 0 Å². The van der Waals surface area contributed by atoms with Crippen molar-refractivity contribution in [2.75, 3.05) is 38.1 Å². The van der Waals surface area contributed by atoms with Crippen molar-refractivity contribution in [3.05, 3.63) is 47.9 Å². The molecule has 6 heteroatoms. The van der Waals surface area contributed by atoms with Gasteiger partial charge in [-0.25, -0.2) is 0 Å². The van der Waals surface area contributed by atoms with E-state index in [2.05, 4.69) is 39.5 Å². The van der Waals surface area contributed by atoms with Crippen LogP contribution in [0, 0.1) is 0 Å². The molecule has 0 aliphatic carbocycles. The van der Waals surface area contributed by atoms with Crippen LogP contribution in [0.25, 0.3) is 0 Å². The summed E-state index contributed by atoms with van der Waals surface area (Å²) in [5, 5.41) is 6.34. The molecule has 1 aromatic heterocycles. The molecular weight excluding hydrogens is 280 g/mol. The second-order valence-corrected chi connectivity index (χ2v) is 5.52. The van der Waals surface area contributed by atoms with E-state index in [1.807, 2.05) is 12.1 Å². The summed E-state index contributed by atoms with van der Waals surface area (Å²) in [6.07, 6.45) is 1.46. The monoisotopic (exact) mass is 300 g/mol. The number of carbonyl (C=O) groups excluding carboxylic acids is 1. The zero-order valence-electron chi connectivity index (χ0n) is 12.7. The van der Waals surface area contributed by atoms with E-state index in [0.717, 1.165) is 31.7 Å². The van der Waals surface area contributed by atoms with Gasteiger partial charge in [-0.2, -0.15) is 0 Å². The quantitative estimate of drug-likeness (QED) is 0.923. The van der Waals surface area contributed by atoms with E-state index >= 15 is 0 Å². The van der Waals surface area contributed by atoms with Gasteiger partial charge in [-0.3, -0.25) is 4.79 Å². The minimum atomic E-state index is -0.249. The summed E-state index contributed by atoms with van der Waals surface area (Å²) in [4.78, 5) is 16.5. The third kappa shape index (κ3) is 3.46. The summed E-state index contributed by atoms with van der Waals surface area (Å²) in [5.74, 6) is -0.0188. The number of amides is 1. The summed E-state index contributed by atoms with van der Waals surface area (Å²) in [5.41, 5.74) is 2.30. The molecule has 2 aromatic rings. The fraction of sp³-hybridized carbons (Fsp3) is 0.375. The van der Waals surface area contributed by atoms with E-state index in [1.165, 1.54) is 11.9 Å². The first-order valence-corrected chi connectivity index (χ1v) is 7.44. The number of nitrogens with one attached hydrogen (secondary N) is 1. The number of rotatable bonds is 4. The van der Waals surface area contributed by atoms with E-state index in [1.54, 1.807) is 6.07 Å². The maximum atomic E-state index is 11.8. The molecule has 0 saturated carbocycles. The molecule has 1 aromatic carbocycles. The first-order chi connectivity index (χ1) is 10.7. The van der Waals surface area contributed by atoms with Crippen molar-refractivity contribution in [2.45, 2.75) is 6.54 Å². The molecule has 1 fully saturated rings. The van der Waals surface area contributed by atoms with Crippen LogP contribution in [0.1, 0.15) is 16.1 Å². The minimum absolute atomic E-state index is 0.231. The lowest BCUT2D eigenvalue weighted by Crippen LogP contribution is -2.44. The van der Waals surface area contributed by atoms with Gasteiger partial charge in [0.2, 0.25) is 5.76 Å². The highest BCUT2D eigenvalue weighted by atomic mass is 16.5. The molecule has 0 spiro atoms. The molecular formula is C16H20N4O2. The predicted molar refractivity (Wildman–Crippen MR) is 83.8 cm³/mol. The van der Waals surface area contributed by atoms with Crippen molar-refractivity contribution in [1.82, 2.24) is 15.4 Å². The smallest absolute Gasteiger partial charge is 0.290 e. The molecule has 116 valence electrons. The molecule has 0 atom stereocenters. The Labute approximate surface area is 129 Å². The summed E-state index contributed by atoms with van der Waals surface area (Å²) < 4.78 is 4.82. The van der Waals surface area contributed by atoms with Crippen LogP contribution in [-0.4, -0.2) is 49.2 Å². The fourth-order valence-electron chi connectivity index (χ4n) is 2.49. The number of benzene rings is 1. The van der Waals surface area contributed by atoms with Crippen LogP contribution >= 0.6 is 0 Å². The summed E-state index contributed by atoms with van der Waals surface area (Å²) in [6.45, 7) is 4.77. The molecule has 0 radical (unpaired) electrons. The highest BCUT2D eigenvalue weighted by molar-refractivity contribution is 5.91. The zero-order valence-corrected chi connectivity index (χ0v) is 12.7. The molecule has 1 saturated heterocycles. The van der Waals surface area contributed by atoms with Crippen LogP contribution in [0.2, 0.25) is 0 Å². The van der Waals surface area contributed by atoms with Gasteiger partial charge >= 0.3 is 0 Å². The van der Waals surface area contributed by atoms with Gasteiger partial charge in [-0.15, -0.1) is 0 Å². The molecule has 3 rings (SSSR count). The van der Waals surface area contributed by atoms with Crippen molar-refractivity contribution in [2.24, 2.45) is 0 Å². The average Bonchev–Trinajstić information content (AvgIpc) is 3.08. The SMILES string of the molecule is CN1CCN(c2ccc(CNC(=O)c3ccno3)cc2)CC1. The van der Waals surface area contributed by atoms with Crippen LogP contribution in [0.15, 0.2) is 41.1 Å². The number of hydrogen-bond acceptors (Lipinski definition) is 5. The highest BCUT2D eigenvalue weighted by Crippen LogP contribution is 2.17. The first-order valence-electron chi connectivity index (χ1n) is 7.44. The molecule has 1 amide bonds. The predicted octanol–water partition coefficient (Wildman–Crippen LogP) is 1.36. The number of likely N-dealkylation sites (N-methyl/N-ethyl adjacent to an activating group) is 1. The zero-order chi connectivity index (χ0) is 15.4. The Kier molecular flexibility index (Phi) is 4.39. The maximum absolute atomic E-state index is 11.8. The lowest BCUT2D eigenvalue weighted by atomic mass is 10.1. The Balaban J connectivity index is 1.54. The molecule has 6 nitrogen and oxygen atoms in total. The number of hydrogen-bond donors (Lipinski definition) is 1. The van der Waals surface area contributed by atoms with E-state index in [0.29, 0.717) is 6.54 Å². The maximum Gasteiger partial charge on any atom is 0.290 e. The van der Waals surface area contributed by atoms with Gasteiger partial charge in [0.15, 0.2) is 0 Å². The largest absolute Gasteiger partial charge is 0.369 e. The Morgan fingerprint density at radius 1 is 1.18 bits per heavy atom. The van der Waals surface area contributed by atoms with Gasteiger partial charge < -0.3 is 19.6 Å². The average molecular weight is 300 g/mol. The van der Waals surface area contributed by atoms with Crippen molar-refractivity contribution in [3.8, 4) is 0 Å². The van der Waals surface area contributed by atoms with Gasteiger partial charge in [0.05, 0.1) is 6.20 Å². The number of aromatic nitrogens is 1. The van der Waals surface area contributed by atoms with E-state index in [9.17, 15) is 4.79 Å². The third-order valence-corrected chi connectivity index (χ3v) is 3.92. The minimum Gasteiger partial charge on any atom is -0.369 e. The van der Waals surface area contributed by atoms with Crippen LogP contribution in [0.4, 0.5) is 5.69 Å². The second kappa shape index (κ2) is 6.62. The summed E-state index contributed by atoms with van der Waals surface area (Å²) in [6, 6.07) is 9.87. The molecule has 0 bridgehead atoms. The molecule has 1 aliphatic rings. The molecule has 1 N–H and O–H groups in total. The second-order valence-electron chi connectivity index (χ2n) is 5.52. The Hall–Kier alpha value is -2.34. The highest BCUT2D eigenvalue weighted by Gasteiger charge is 2.14. The Morgan fingerprint density at radius 3 is 2.55 bits per heavy atom. The molecule has 2 heterocycles. The molecule has 0 unspecified atom stereocenters.